The summed E-state index contributed by atoms with van der Waals surface area (Å²) >= 11 is 0. The number of nitrogens with zero attached hydrogens (tertiary/aromatic N) is 1. The Labute approximate surface area is 95.8 Å². The first-order chi connectivity index (χ1) is 7.81. The maximum Gasteiger partial charge on any atom is 0.306 e. The van der Waals surface area contributed by atoms with Gasteiger partial charge in [-0.15, -0.1) is 0 Å². The Kier molecular flexibility index (Phi) is 3.54. The molecule has 0 amide bonds. The van der Waals surface area contributed by atoms with Gasteiger partial charge < -0.3 is 4.74 Å². The van der Waals surface area contributed by atoms with E-state index in [4.69, 9.17) is 4.74 Å². The first kappa shape index (κ1) is 11.1. The highest BCUT2D eigenvalue weighted by Crippen LogP contribution is 2.32. The maximum atomic E-state index is 11.5. The lowest BCUT2D eigenvalue weighted by atomic mass is 9.85. The molecule has 1 atom stereocenters. The minimum atomic E-state index is -0.106. The molecule has 1 aromatic heterocycles. The number of aryl methyl sites for hydroxylation is 1. The summed E-state index contributed by atoms with van der Waals surface area (Å²) in [6.07, 6.45) is 5.55. The molecule has 0 bridgehead atoms. The molecule has 0 radical (unpaired) electrons. The summed E-state index contributed by atoms with van der Waals surface area (Å²) in [5.41, 5.74) is 2.39. The lowest BCUT2D eigenvalue weighted by Crippen LogP contribution is -2.16. The van der Waals surface area contributed by atoms with Gasteiger partial charge in [-0.3, -0.25) is 9.78 Å². The minimum absolute atomic E-state index is 0.106. The first-order valence-corrected chi connectivity index (χ1v) is 5.90. The van der Waals surface area contributed by atoms with Crippen LogP contribution >= 0.6 is 0 Å². The summed E-state index contributed by atoms with van der Waals surface area (Å²) in [7, 11) is 0. The zero-order chi connectivity index (χ0) is 11.4. The molecule has 1 heterocycles. The van der Waals surface area contributed by atoms with Crippen molar-refractivity contribution in [1.82, 2.24) is 4.98 Å². The van der Waals surface area contributed by atoms with Crippen molar-refractivity contribution >= 4 is 5.97 Å². The standard InChI is InChI=1S/C13H17NO2/c1-2-16-12(15)9-11-6-3-5-10-7-4-8-14-13(10)11/h4,7-8,11H,2-3,5-6,9H2,1H3/t11-/m1/s1. The fraction of sp³-hybridized carbons (Fsp3) is 0.538. The Hall–Kier alpha value is -1.38. The number of hydrogen-bond acceptors (Lipinski definition) is 3. The normalized spacial score (nSPS) is 18.9. The first-order valence-electron chi connectivity index (χ1n) is 5.90. The van der Waals surface area contributed by atoms with E-state index in [2.05, 4.69) is 11.1 Å². The number of carbonyl (C=O) groups excluding carboxylic acids is 1. The second-order valence-electron chi connectivity index (χ2n) is 4.15. The molecule has 86 valence electrons. The van der Waals surface area contributed by atoms with E-state index in [-0.39, 0.29) is 11.9 Å². The summed E-state index contributed by atoms with van der Waals surface area (Å²) in [5, 5.41) is 0. The van der Waals surface area contributed by atoms with Gasteiger partial charge in [0.05, 0.1) is 13.0 Å². The Morgan fingerprint density at radius 1 is 1.62 bits per heavy atom. The monoisotopic (exact) mass is 219 g/mol. The number of rotatable bonds is 3. The van der Waals surface area contributed by atoms with Gasteiger partial charge in [-0.2, -0.15) is 0 Å². The molecule has 0 N–H and O–H groups in total. The van der Waals surface area contributed by atoms with E-state index in [1.165, 1.54) is 5.56 Å². The van der Waals surface area contributed by atoms with Crippen LogP contribution in [0.5, 0.6) is 0 Å². The molecule has 1 aliphatic rings. The van der Waals surface area contributed by atoms with E-state index in [0.29, 0.717) is 13.0 Å². The van der Waals surface area contributed by atoms with E-state index in [1.54, 1.807) is 0 Å². The molecule has 1 aromatic rings. The smallest absolute Gasteiger partial charge is 0.306 e. The molecule has 1 aliphatic carbocycles. The fourth-order valence-electron chi connectivity index (χ4n) is 2.33. The molecular weight excluding hydrogens is 202 g/mol. The van der Waals surface area contributed by atoms with Gasteiger partial charge in [-0.25, -0.2) is 0 Å². The Balaban J connectivity index is 2.10. The molecule has 0 fully saturated rings. The summed E-state index contributed by atoms with van der Waals surface area (Å²) in [6.45, 7) is 2.30. The molecule has 3 nitrogen and oxygen atoms in total. The SMILES string of the molecule is CCOC(=O)C[C@H]1CCCc2cccnc21. The van der Waals surface area contributed by atoms with Crippen molar-refractivity contribution < 1.29 is 9.53 Å². The van der Waals surface area contributed by atoms with Crippen LogP contribution in [0.3, 0.4) is 0 Å². The molecule has 0 spiro atoms. The van der Waals surface area contributed by atoms with Crippen LogP contribution in [0.25, 0.3) is 0 Å². The van der Waals surface area contributed by atoms with Crippen LogP contribution in [0.2, 0.25) is 0 Å². The average molecular weight is 219 g/mol. The number of aromatic nitrogens is 1. The van der Waals surface area contributed by atoms with Crippen molar-refractivity contribution in [2.75, 3.05) is 6.61 Å². The molecule has 3 heteroatoms. The number of ether oxygens (including phenoxy) is 1. The molecular formula is C13H17NO2. The van der Waals surface area contributed by atoms with Crippen LogP contribution in [0, 0.1) is 0 Å². The van der Waals surface area contributed by atoms with E-state index in [9.17, 15) is 4.79 Å². The highest BCUT2D eigenvalue weighted by atomic mass is 16.5. The second kappa shape index (κ2) is 5.10. The largest absolute Gasteiger partial charge is 0.466 e. The van der Waals surface area contributed by atoms with Crippen LogP contribution < -0.4 is 0 Å². The highest BCUT2D eigenvalue weighted by Gasteiger charge is 2.23. The predicted octanol–water partition coefficient (Wildman–Crippen LogP) is 2.45. The van der Waals surface area contributed by atoms with Crippen molar-refractivity contribution in [1.29, 1.82) is 0 Å². The van der Waals surface area contributed by atoms with Crippen molar-refractivity contribution in [3.05, 3.63) is 29.6 Å². The fourth-order valence-corrected chi connectivity index (χ4v) is 2.33. The van der Waals surface area contributed by atoms with Gasteiger partial charge in [-0.1, -0.05) is 6.07 Å². The number of pyridine rings is 1. The average Bonchev–Trinajstić information content (AvgIpc) is 2.30. The van der Waals surface area contributed by atoms with Gasteiger partial charge in [0.2, 0.25) is 0 Å². The summed E-state index contributed by atoms with van der Waals surface area (Å²) in [6, 6.07) is 4.07. The number of hydrogen-bond donors (Lipinski definition) is 0. The van der Waals surface area contributed by atoms with E-state index < -0.39 is 0 Å². The number of fused-ring (bicyclic) bond motifs is 1. The zero-order valence-electron chi connectivity index (χ0n) is 9.61. The van der Waals surface area contributed by atoms with Gasteiger partial charge in [0.25, 0.3) is 0 Å². The third-order valence-corrected chi connectivity index (χ3v) is 3.03. The molecule has 2 rings (SSSR count). The summed E-state index contributed by atoms with van der Waals surface area (Å²) in [4.78, 5) is 15.9. The van der Waals surface area contributed by atoms with Crippen LogP contribution in [-0.2, 0) is 16.0 Å². The Bertz CT molecular complexity index is 376. The van der Waals surface area contributed by atoms with E-state index in [1.807, 2.05) is 19.2 Å². The highest BCUT2D eigenvalue weighted by molar-refractivity contribution is 5.70. The molecule has 16 heavy (non-hydrogen) atoms. The van der Waals surface area contributed by atoms with Crippen molar-refractivity contribution in [2.24, 2.45) is 0 Å². The van der Waals surface area contributed by atoms with E-state index in [0.717, 1.165) is 25.0 Å². The van der Waals surface area contributed by atoms with Gasteiger partial charge in [0.15, 0.2) is 0 Å². The molecule has 0 aliphatic heterocycles. The number of esters is 1. The van der Waals surface area contributed by atoms with Crippen LogP contribution in [0.1, 0.15) is 43.4 Å². The number of carbonyl (C=O) groups is 1. The van der Waals surface area contributed by atoms with E-state index >= 15 is 0 Å². The van der Waals surface area contributed by atoms with Crippen LogP contribution in [-0.4, -0.2) is 17.6 Å². The van der Waals surface area contributed by atoms with Crippen molar-refractivity contribution in [3.63, 3.8) is 0 Å². The van der Waals surface area contributed by atoms with Gasteiger partial charge in [-0.05, 0) is 37.8 Å². The minimum Gasteiger partial charge on any atom is -0.466 e. The lowest BCUT2D eigenvalue weighted by molar-refractivity contribution is -0.143. The van der Waals surface area contributed by atoms with Crippen LogP contribution in [0.4, 0.5) is 0 Å². The van der Waals surface area contributed by atoms with Crippen molar-refractivity contribution in [2.45, 2.75) is 38.5 Å². The lowest BCUT2D eigenvalue weighted by Gasteiger charge is -2.23. The third-order valence-electron chi connectivity index (χ3n) is 3.03. The predicted molar refractivity (Wildman–Crippen MR) is 61.2 cm³/mol. The maximum absolute atomic E-state index is 11.5. The van der Waals surface area contributed by atoms with Gasteiger partial charge >= 0.3 is 5.97 Å². The summed E-state index contributed by atoms with van der Waals surface area (Å²) in [5.74, 6) is 0.148. The molecule has 0 unspecified atom stereocenters. The molecule has 0 saturated heterocycles. The summed E-state index contributed by atoms with van der Waals surface area (Å²) < 4.78 is 4.99. The van der Waals surface area contributed by atoms with Gasteiger partial charge in [0, 0.05) is 17.8 Å². The molecule has 0 saturated carbocycles. The zero-order valence-corrected chi connectivity index (χ0v) is 9.61. The van der Waals surface area contributed by atoms with Gasteiger partial charge in [0.1, 0.15) is 0 Å². The molecule has 0 aromatic carbocycles. The van der Waals surface area contributed by atoms with Crippen LogP contribution in [0.15, 0.2) is 18.3 Å². The topological polar surface area (TPSA) is 39.2 Å². The Morgan fingerprint density at radius 2 is 2.50 bits per heavy atom. The Morgan fingerprint density at radius 3 is 3.31 bits per heavy atom. The second-order valence-corrected chi connectivity index (χ2v) is 4.15. The quantitative estimate of drug-likeness (QED) is 0.733. The van der Waals surface area contributed by atoms with Crippen molar-refractivity contribution in [3.8, 4) is 0 Å². The third kappa shape index (κ3) is 2.40.